The first-order valence-corrected chi connectivity index (χ1v) is 16.1. The molecule has 4 aromatic rings. The highest BCUT2D eigenvalue weighted by Gasteiger charge is 2.22. The van der Waals surface area contributed by atoms with Crippen molar-refractivity contribution in [3.05, 3.63) is 59.6 Å². The van der Waals surface area contributed by atoms with Crippen LogP contribution in [0.15, 0.2) is 48.9 Å². The quantitative estimate of drug-likeness (QED) is 0.152. The minimum absolute atomic E-state index is 0.0166. The highest BCUT2D eigenvalue weighted by molar-refractivity contribution is 7.46. The maximum absolute atomic E-state index is 13.4. The number of nitrogens with one attached hydrogen (secondary N) is 2. The zero-order valence-electron chi connectivity index (χ0n) is 23.8. The number of hydrogen-bond acceptors (Lipinski definition) is 11. The average Bonchev–Trinajstić information content (AvgIpc) is 3.42. The molecule has 2 aromatic heterocycles. The number of anilines is 3. The van der Waals surface area contributed by atoms with Crippen LogP contribution in [0.4, 0.5) is 21.0 Å². The van der Waals surface area contributed by atoms with Gasteiger partial charge in [0.05, 0.1) is 32.3 Å². The zero-order valence-corrected chi connectivity index (χ0v) is 25.5. The highest BCUT2D eigenvalue weighted by Crippen LogP contribution is 2.37. The highest BCUT2D eigenvalue weighted by atomic mass is 32.1. The van der Waals surface area contributed by atoms with Crippen LogP contribution >= 0.6 is 19.2 Å². The zero-order chi connectivity index (χ0) is 31.1. The Labute approximate surface area is 256 Å². The van der Waals surface area contributed by atoms with E-state index in [0.29, 0.717) is 63.0 Å². The number of aromatic nitrogens is 3. The topological polar surface area (TPSA) is 168 Å². The van der Waals surface area contributed by atoms with Gasteiger partial charge >= 0.3 is 7.82 Å². The summed E-state index contributed by atoms with van der Waals surface area (Å²) in [7, 11) is -2.89. The molecule has 0 saturated carbocycles. The fourth-order valence-corrected chi connectivity index (χ4v) is 5.92. The molecule has 5 rings (SSSR count). The Hall–Kier alpha value is -3.72. The summed E-state index contributed by atoms with van der Waals surface area (Å²) in [5, 5.41) is 7.12. The number of methoxy groups -OCH3 is 1. The van der Waals surface area contributed by atoms with Gasteiger partial charge in [-0.05, 0) is 56.1 Å². The first-order valence-electron chi connectivity index (χ1n) is 13.8. The number of hydrogen-bond donors (Lipinski definition) is 4. The van der Waals surface area contributed by atoms with Gasteiger partial charge in [-0.25, -0.2) is 23.9 Å². The molecule has 1 saturated heterocycles. The second kappa shape index (κ2) is 14.4. The number of phosphoric acid groups is 1. The number of piperidine rings is 1. The molecule has 1 aliphatic rings. The van der Waals surface area contributed by atoms with Crippen molar-refractivity contribution < 1.29 is 37.5 Å². The Morgan fingerprint density at radius 1 is 1.16 bits per heavy atom. The van der Waals surface area contributed by atoms with Crippen molar-refractivity contribution in [2.75, 3.05) is 50.6 Å². The molecule has 4 N–H and O–H groups in total. The van der Waals surface area contributed by atoms with Gasteiger partial charge in [0.15, 0.2) is 16.6 Å². The third-order valence-electron chi connectivity index (χ3n) is 6.99. The van der Waals surface area contributed by atoms with Gasteiger partial charge < -0.3 is 34.8 Å². The second-order valence-electron chi connectivity index (χ2n) is 10.2. The Morgan fingerprint density at radius 3 is 2.73 bits per heavy atom. The first-order chi connectivity index (χ1) is 21.1. The number of carbonyl (C=O) groups is 1. The Morgan fingerprint density at radius 2 is 1.98 bits per heavy atom. The molecule has 1 aliphatic heterocycles. The normalized spacial score (nSPS) is 14.5. The van der Waals surface area contributed by atoms with E-state index in [0.717, 1.165) is 25.9 Å². The number of phosphoric ester groups is 1. The molecular formula is C28H32FN6O7PS. The standard InChI is InChI=1S/C28H32FN6O7PS/c1-40-24-13-22-23(14-25(24)41-16-18-5-7-35(8-6-18)9-10-42-43(37,38)39)31-17-32-27(22)34-28-30-15-21(44-28)12-26(36)33-20-4-2-3-19(29)11-20/h2-4,11,13-15,17-18H,5-10,12,16H2,1H3,(H,33,36)(H2,37,38,39)(H,30,31,32,34). The van der Waals surface area contributed by atoms with Crippen molar-refractivity contribution in [1.29, 1.82) is 0 Å². The van der Waals surface area contributed by atoms with E-state index in [1.165, 1.54) is 35.9 Å². The minimum atomic E-state index is -4.45. The summed E-state index contributed by atoms with van der Waals surface area (Å²) in [4.78, 5) is 46.1. The summed E-state index contributed by atoms with van der Waals surface area (Å²) in [6.45, 7) is 2.50. The number of halogens is 1. The first kappa shape index (κ1) is 31.7. The SMILES string of the molecule is COc1cc2c(Nc3ncc(CC(=O)Nc4cccc(F)c4)s3)ncnc2cc1OCC1CCN(CCOP(=O)(O)O)CC1. The lowest BCUT2D eigenvalue weighted by molar-refractivity contribution is -0.115. The smallest absolute Gasteiger partial charge is 0.469 e. The van der Waals surface area contributed by atoms with E-state index in [4.69, 9.17) is 19.3 Å². The summed E-state index contributed by atoms with van der Waals surface area (Å²) < 4.78 is 40.6. The van der Waals surface area contributed by atoms with Crippen LogP contribution in [0.25, 0.3) is 10.9 Å². The van der Waals surface area contributed by atoms with Crippen LogP contribution in [0.1, 0.15) is 17.7 Å². The lowest BCUT2D eigenvalue weighted by Crippen LogP contribution is -2.37. The van der Waals surface area contributed by atoms with Gasteiger partial charge in [-0.1, -0.05) is 6.07 Å². The van der Waals surface area contributed by atoms with Crippen molar-refractivity contribution in [3.8, 4) is 11.5 Å². The molecule has 0 spiro atoms. The molecule has 0 atom stereocenters. The Kier molecular flexibility index (Phi) is 10.4. The summed E-state index contributed by atoms with van der Waals surface area (Å²) in [6.07, 6.45) is 4.88. The van der Waals surface area contributed by atoms with Gasteiger partial charge in [-0.15, -0.1) is 11.3 Å². The number of thiazole rings is 1. The van der Waals surface area contributed by atoms with Crippen LogP contribution < -0.4 is 20.1 Å². The minimum Gasteiger partial charge on any atom is -0.493 e. The van der Waals surface area contributed by atoms with E-state index in [1.54, 1.807) is 31.5 Å². The van der Waals surface area contributed by atoms with Gasteiger partial charge in [-0.3, -0.25) is 9.32 Å². The third kappa shape index (κ3) is 8.91. The molecule has 3 heterocycles. The molecule has 44 heavy (non-hydrogen) atoms. The number of fused-ring (bicyclic) bond motifs is 1. The molecule has 13 nitrogen and oxygen atoms in total. The van der Waals surface area contributed by atoms with E-state index in [9.17, 15) is 13.8 Å². The second-order valence-corrected chi connectivity index (χ2v) is 12.5. The van der Waals surface area contributed by atoms with Crippen molar-refractivity contribution in [1.82, 2.24) is 19.9 Å². The van der Waals surface area contributed by atoms with Crippen molar-refractivity contribution in [2.24, 2.45) is 5.92 Å². The summed E-state index contributed by atoms with van der Waals surface area (Å²) in [5.74, 6) is 1.20. The maximum atomic E-state index is 13.4. The molecule has 0 bridgehead atoms. The van der Waals surface area contributed by atoms with Gasteiger partial charge in [0.2, 0.25) is 5.91 Å². The number of benzene rings is 2. The van der Waals surface area contributed by atoms with Gasteiger partial charge in [0.25, 0.3) is 0 Å². The van der Waals surface area contributed by atoms with E-state index in [1.807, 2.05) is 0 Å². The number of likely N-dealkylation sites (tertiary alicyclic amines) is 1. The molecule has 0 unspecified atom stereocenters. The molecular weight excluding hydrogens is 614 g/mol. The van der Waals surface area contributed by atoms with Crippen LogP contribution in [-0.2, 0) is 20.3 Å². The number of nitrogens with zero attached hydrogens (tertiary/aromatic N) is 4. The van der Waals surface area contributed by atoms with Crippen LogP contribution in [0.2, 0.25) is 0 Å². The van der Waals surface area contributed by atoms with Crippen molar-refractivity contribution in [3.63, 3.8) is 0 Å². The van der Waals surface area contributed by atoms with Crippen molar-refractivity contribution >= 4 is 52.6 Å². The predicted octanol–water partition coefficient (Wildman–Crippen LogP) is 4.36. The fraction of sp³-hybridized carbons (Fsp3) is 0.357. The predicted molar refractivity (Wildman–Crippen MR) is 163 cm³/mol. The molecule has 2 aromatic carbocycles. The van der Waals surface area contributed by atoms with Crippen LogP contribution in [0.3, 0.4) is 0 Å². The van der Waals surface area contributed by atoms with Gasteiger partial charge in [-0.2, -0.15) is 0 Å². The summed E-state index contributed by atoms with van der Waals surface area (Å²) >= 11 is 1.30. The Balaban J connectivity index is 1.17. The lowest BCUT2D eigenvalue weighted by atomic mass is 9.98. The fourth-order valence-electron chi connectivity index (χ4n) is 4.79. The van der Waals surface area contributed by atoms with E-state index < -0.39 is 13.6 Å². The molecule has 234 valence electrons. The number of rotatable bonds is 13. The molecule has 0 aliphatic carbocycles. The lowest BCUT2D eigenvalue weighted by Gasteiger charge is -2.31. The summed E-state index contributed by atoms with van der Waals surface area (Å²) in [5.41, 5.74) is 1.03. The van der Waals surface area contributed by atoms with E-state index in [-0.39, 0.29) is 18.9 Å². The summed E-state index contributed by atoms with van der Waals surface area (Å²) in [6, 6.07) is 9.32. The van der Waals surface area contributed by atoms with Crippen LogP contribution in [-0.4, -0.2) is 75.5 Å². The number of ether oxygens (including phenoxy) is 2. The number of carbonyl (C=O) groups excluding carboxylic acids is 1. The van der Waals surface area contributed by atoms with Crippen LogP contribution in [0.5, 0.6) is 11.5 Å². The largest absolute Gasteiger partial charge is 0.493 e. The third-order valence-corrected chi connectivity index (χ3v) is 8.42. The molecule has 1 amide bonds. The maximum Gasteiger partial charge on any atom is 0.469 e. The van der Waals surface area contributed by atoms with Crippen LogP contribution in [0, 0.1) is 11.7 Å². The van der Waals surface area contributed by atoms with Gasteiger partial charge in [0, 0.05) is 34.8 Å². The molecule has 0 radical (unpaired) electrons. The van der Waals surface area contributed by atoms with Crippen molar-refractivity contribution in [2.45, 2.75) is 19.3 Å². The van der Waals surface area contributed by atoms with E-state index in [2.05, 4.69) is 35.0 Å². The van der Waals surface area contributed by atoms with Gasteiger partial charge in [0.1, 0.15) is 18.0 Å². The monoisotopic (exact) mass is 646 g/mol. The molecule has 16 heteroatoms. The average molecular weight is 647 g/mol. The number of amides is 1. The Bertz CT molecular complexity index is 1650. The van der Waals surface area contributed by atoms with E-state index >= 15 is 0 Å². The molecule has 1 fully saturated rings.